The molecule has 0 atom stereocenters. The molecule has 7 heteroatoms. The van der Waals surface area contributed by atoms with Crippen molar-refractivity contribution in [2.75, 3.05) is 47.9 Å². The second-order valence-electron chi connectivity index (χ2n) is 4.91. The zero-order valence-corrected chi connectivity index (χ0v) is 13.4. The van der Waals surface area contributed by atoms with Crippen LogP contribution in [-0.2, 0) is 4.79 Å². The highest BCUT2D eigenvalue weighted by atomic mass is 16.5. The Bertz CT molecular complexity index is 518. The van der Waals surface area contributed by atoms with Crippen molar-refractivity contribution in [3.8, 4) is 11.5 Å². The average molecular weight is 309 g/mol. The first kappa shape index (κ1) is 17.8. The van der Waals surface area contributed by atoms with Crippen molar-refractivity contribution in [2.45, 2.75) is 0 Å². The molecular formula is C15H23N3O4. The fourth-order valence-corrected chi connectivity index (χ4v) is 1.72. The second kappa shape index (κ2) is 8.89. The molecule has 1 rings (SSSR count). The van der Waals surface area contributed by atoms with Gasteiger partial charge in [-0.25, -0.2) is 0 Å². The van der Waals surface area contributed by atoms with E-state index in [1.165, 1.54) is 14.2 Å². The van der Waals surface area contributed by atoms with Gasteiger partial charge in [0.1, 0.15) is 0 Å². The molecule has 0 aliphatic heterocycles. The third kappa shape index (κ3) is 5.61. The number of amides is 2. The minimum absolute atomic E-state index is 0.0688. The number of methoxy groups -OCH3 is 2. The first-order valence-electron chi connectivity index (χ1n) is 6.89. The van der Waals surface area contributed by atoms with Crippen molar-refractivity contribution < 1.29 is 19.1 Å². The molecule has 0 saturated heterocycles. The van der Waals surface area contributed by atoms with Crippen LogP contribution in [-0.4, -0.2) is 64.7 Å². The standard InChI is InChI=1S/C15H23N3O4/c1-18(2)8-7-16-14(19)10-17-15(20)11-5-6-12(21-3)13(9-11)22-4/h5-6,9H,7-8,10H2,1-4H3,(H,16,19)(H,17,20). The summed E-state index contributed by atoms with van der Waals surface area (Å²) < 4.78 is 10.2. The maximum Gasteiger partial charge on any atom is 0.251 e. The Morgan fingerprint density at radius 2 is 1.77 bits per heavy atom. The van der Waals surface area contributed by atoms with Gasteiger partial charge in [0.15, 0.2) is 11.5 Å². The van der Waals surface area contributed by atoms with Gasteiger partial charge in [0.25, 0.3) is 5.91 Å². The number of ether oxygens (including phenoxy) is 2. The number of rotatable bonds is 8. The lowest BCUT2D eigenvalue weighted by atomic mass is 10.2. The van der Waals surface area contributed by atoms with Crippen molar-refractivity contribution in [1.29, 1.82) is 0 Å². The quantitative estimate of drug-likeness (QED) is 0.712. The highest BCUT2D eigenvalue weighted by Crippen LogP contribution is 2.27. The van der Waals surface area contributed by atoms with Crippen LogP contribution in [0.15, 0.2) is 18.2 Å². The highest BCUT2D eigenvalue weighted by molar-refractivity contribution is 5.97. The molecule has 0 radical (unpaired) electrons. The smallest absolute Gasteiger partial charge is 0.251 e. The van der Waals surface area contributed by atoms with E-state index in [1.54, 1.807) is 18.2 Å². The van der Waals surface area contributed by atoms with Crippen LogP contribution < -0.4 is 20.1 Å². The fourth-order valence-electron chi connectivity index (χ4n) is 1.72. The number of likely N-dealkylation sites (N-methyl/N-ethyl adjacent to an activating group) is 1. The lowest BCUT2D eigenvalue weighted by Gasteiger charge is -2.11. The maximum atomic E-state index is 12.0. The molecule has 0 unspecified atom stereocenters. The minimum Gasteiger partial charge on any atom is -0.493 e. The van der Waals surface area contributed by atoms with E-state index in [0.717, 1.165) is 6.54 Å². The number of nitrogens with one attached hydrogen (secondary N) is 2. The highest BCUT2D eigenvalue weighted by Gasteiger charge is 2.11. The minimum atomic E-state index is -0.344. The molecule has 1 aromatic carbocycles. The molecule has 122 valence electrons. The van der Waals surface area contributed by atoms with Crippen LogP contribution in [0.4, 0.5) is 0 Å². The fraction of sp³-hybridized carbons (Fsp3) is 0.467. The summed E-state index contributed by atoms with van der Waals surface area (Å²) >= 11 is 0. The van der Waals surface area contributed by atoms with Gasteiger partial charge >= 0.3 is 0 Å². The summed E-state index contributed by atoms with van der Waals surface area (Å²) in [7, 11) is 6.86. The van der Waals surface area contributed by atoms with Crippen LogP contribution in [0.3, 0.4) is 0 Å². The first-order valence-corrected chi connectivity index (χ1v) is 6.89. The Kier molecular flexibility index (Phi) is 7.18. The summed E-state index contributed by atoms with van der Waals surface area (Å²) in [6, 6.07) is 4.82. The summed E-state index contributed by atoms with van der Waals surface area (Å²) in [6.45, 7) is 1.22. The zero-order valence-electron chi connectivity index (χ0n) is 13.4. The monoisotopic (exact) mass is 309 g/mol. The Labute approximate surface area is 130 Å². The summed E-state index contributed by atoms with van der Waals surface area (Å²) in [5.41, 5.74) is 0.402. The molecule has 0 aliphatic rings. The van der Waals surface area contributed by atoms with Crippen molar-refractivity contribution in [2.24, 2.45) is 0 Å². The molecule has 22 heavy (non-hydrogen) atoms. The Morgan fingerprint density at radius 3 is 2.36 bits per heavy atom. The number of carbonyl (C=O) groups is 2. The number of benzene rings is 1. The van der Waals surface area contributed by atoms with Gasteiger partial charge in [-0.3, -0.25) is 9.59 Å². The van der Waals surface area contributed by atoms with E-state index in [-0.39, 0.29) is 18.4 Å². The molecule has 0 heterocycles. The van der Waals surface area contributed by atoms with Crippen molar-refractivity contribution in [1.82, 2.24) is 15.5 Å². The zero-order chi connectivity index (χ0) is 16.5. The van der Waals surface area contributed by atoms with E-state index in [0.29, 0.717) is 23.6 Å². The molecule has 2 amide bonds. The SMILES string of the molecule is COc1ccc(C(=O)NCC(=O)NCCN(C)C)cc1OC. The molecule has 0 spiro atoms. The summed E-state index contributed by atoms with van der Waals surface area (Å²) in [6.07, 6.45) is 0. The van der Waals surface area contributed by atoms with Gasteiger partial charge in [-0.15, -0.1) is 0 Å². The Hall–Kier alpha value is -2.28. The molecule has 0 aromatic heterocycles. The van der Waals surface area contributed by atoms with Gasteiger partial charge in [0.05, 0.1) is 20.8 Å². The van der Waals surface area contributed by atoms with Gasteiger partial charge < -0.3 is 25.0 Å². The third-order valence-corrected chi connectivity index (χ3v) is 2.94. The van der Waals surface area contributed by atoms with Crippen LogP contribution in [0.2, 0.25) is 0 Å². The van der Waals surface area contributed by atoms with Gasteiger partial charge in [-0.2, -0.15) is 0 Å². The summed E-state index contributed by atoms with van der Waals surface area (Å²) in [4.78, 5) is 25.6. The van der Waals surface area contributed by atoms with Crippen LogP contribution >= 0.6 is 0 Å². The Balaban J connectivity index is 2.50. The van der Waals surface area contributed by atoms with Crippen LogP contribution in [0, 0.1) is 0 Å². The molecule has 0 saturated carbocycles. The van der Waals surface area contributed by atoms with Crippen molar-refractivity contribution in [3.63, 3.8) is 0 Å². The molecule has 0 aliphatic carbocycles. The number of hydrogen-bond donors (Lipinski definition) is 2. The predicted octanol–water partition coefficient (Wildman–Crippen LogP) is 0.111. The molecule has 7 nitrogen and oxygen atoms in total. The molecular weight excluding hydrogens is 286 g/mol. The van der Waals surface area contributed by atoms with E-state index in [2.05, 4.69) is 10.6 Å². The molecule has 1 aromatic rings. The van der Waals surface area contributed by atoms with Crippen LogP contribution in [0.5, 0.6) is 11.5 Å². The maximum absolute atomic E-state index is 12.0. The lowest BCUT2D eigenvalue weighted by Crippen LogP contribution is -2.39. The van der Waals surface area contributed by atoms with E-state index in [1.807, 2.05) is 19.0 Å². The molecule has 0 bridgehead atoms. The first-order chi connectivity index (χ1) is 10.5. The second-order valence-corrected chi connectivity index (χ2v) is 4.91. The van der Waals surface area contributed by atoms with E-state index in [4.69, 9.17) is 9.47 Å². The van der Waals surface area contributed by atoms with Crippen molar-refractivity contribution >= 4 is 11.8 Å². The third-order valence-electron chi connectivity index (χ3n) is 2.94. The lowest BCUT2D eigenvalue weighted by molar-refractivity contribution is -0.120. The van der Waals surface area contributed by atoms with Gasteiger partial charge in [-0.05, 0) is 32.3 Å². The predicted molar refractivity (Wildman–Crippen MR) is 83.4 cm³/mol. The van der Waals surface area contributed by atoms with Gasteiger partial charge in [0, 0.05) is 18.7 Å². The Morgan fingerprint density at radius 1 is 1.09 bits per heavy atom. The van der Waals surface area contributed by atoms with Gasteiger partial charge in [0.2, 0.25) is 5.91 Å². The average Bonchev–Trinajstić information content (AvgIpc) is 2.51. The summed E-state index contributed by atoms with van der Waals surface area (Å²) in [5.74, 6) is 0.436. The van der Waals surface area contributed by atoms with Crippen molar-refractivity contribution in [3.05, 3.63) is 23.8 Å². The van der Waals surface area contributed by atoms with Crippen LogP contribution in [0.25, 0.3) is 0 Å². The topological polar surface area (TPSA) is 79.9 Å². The summed E-state index contributed by atoms with van der Waals surface area (Å²) in [5, 5.41) is 5.29. The largest absolute Gasteiger partial charge is 0.493 e. The normalized spacial score (nSPS) is 10.2. The van der Waals surface area contributed by atoms with E-state index >= 15 is 0 Å². The number of nitrogens with zero attached hydrogens (tertiary/aromatic N) is 1. The van der Waals surface area contributed by atoms with E-state index in [9.17, 15) is 9.59 Å². The number of carbonyl (C=O) groups excluding carboxylic acids is 2. The molecule has 2 N–H and O–H groups in total. The molecule has 0 fully saturated rings. The van der Waals surface area contributed by atoms with Crippen LogP contribution in [0.1, 0.15) is 10.4 Å². The van der Waals surface area contributed by atoms with E-state index < -0.39 is 0 Å². The van der Waals surface area contributed by atoms with Gasteiger partial charge in [-0.1, -0.05) is 0 Å². The number of hydrogen-bond acceptors (Lipinski definition) is 5.